The van der Waals surface area contributed by atoms with Gasteiger partial charge in [0, 0.05) is 18.6 Å². The molecule has 5 heteroatoms. The topological polar surface area (TPSA) is 40.2 Å². The van der Waals surface area contributed by atoms with E-state index in [0.29, 0.717) is 18.9 Å². The highest BCUT2D eigenvalue weighted by atomic mass is 28.4. The molecule has 0 spiro atoms. The lowest BCUT2D eigenvalue weighted by atomic mass is 9.97. The maximum atomic E-state index is 5.83. The average Bonchev–Trinajstić information content (AvgIpc) is 2.95. The van der Waals surface area contributed by atoms with Crippen molar-refractivity contribution in [3.63, 3.8) is 0 Å². The molecular formula is C10H20O4Si. The van der Waals surface area contributed by atoms with Crippen LogP contribution in [0.15, 0.2) is 0 Å². The molecule has 4 nitrogen and oxygen atoms in total. The molecule has 0 N–H and O–H groups in total. The molecule has 1 atom stereocenters. The zero-order chi connectivity index (χ0) is 10.9. The van der Waals surface area contributed by atoms with Crippen molar-refractivity contribution in [2.45, 2.75) is 26.5 Å². The van der Waals surface area contributed by atoms with Crippen molar-refractivity contribution in [3.8, 4) is 0 Å². The predicted molar refractivity (Wildman–Crippen MR) is 57.9 cm³/mol. The van der Waals surface area contributed by atoms with E-state index in [1.54, 1.807) is 0 Å². The van der Waals surface area contributed by atoms with Crippen molar-refractivity contribution in [2.75, 3.05) is 32.7 Å². The van der Waals surface area contributed by atoms with Crippen LogP contribution in [-0.4, -0.2) is 47.3 Å². The Morgan fingerprint density at radius 1 is 1.33 bits per heavy atom. The fraction of sp³-hybridized carbons (Fsp3) is 1.00. The minimum Gasteiger partial charge on any atom is -0.392 e. The molecule has 15 heavy (non-hydrogen) atoms. The van der Waals surface area contributed by atoms with E-state index in [0.717, 1.165) is 19.8 Å². The monoisotopic (exact) mass is 232 g/mol. The lowest BCUT2D eigenvalue weighted by Crippen LogP contribution is -2.53. The molecule has 0 aromatic heterocycles. The van der Waals surface area contributed by atoms with Crippen LogP contribution in [0, 0.1) is 5.41 Å². The molecule has 2 aliphatic heterocycles. The zero-order valence-electron chi connectivity index (χ0n) is 9.75. The summed E-state index contributed by atoms with van der Waals surface area (Å²) in [6.07, 6.45) is 0.936. The standard InChI is InChI=1S/C10H20O4Si/c1-10(2)6-13-15(3,14-7-10)8-11-4-9-5-12-9/h9H,4-8H2,1-3H3. The summed E-state index contributed by atoms with van der Waals surface area (Å²) in [5.74, 6) is 0. The highest BCUT2D eigenvalue weighted by molar-refractivity contribution is 6.66. The number of epoxide rings is 1. The maximum absolute atomic E-state index is 5.83. The molecule has 2 aliphatic rings. The van der Waals surface area contributed by atoms with Crippen LogP contribution in [0.4, 0.5) is 0 Å². The lowest BCUT2D eigenvalue weighted by molar-refractivity contribution is -0.00383. The fourth-order valence-corrected chi connectivity index (χ4v) is 3.53. The largest absolute Gasteiger partial charge is 0.392 e. The third-order valence-corrected chi connectivity index (χ3v) is 4.85. The van der Waals surface area contributed by atoms with Crippen molar-refractivity contribution in [3.05, 3.63) is 0 Å². The molecule has 0 saturated carbocycles. The van der Waals surface area contributed by atoms with Gasteiger partial charge in [-0.1, -0.05) is 13.8 Å². The van der Waals surface area contributed by atoms with E-state index < -0.39 is 8.56 Å². The molecule has 0 amide bonds. The molecule has 88 valence electrons. The number of rotatable bonds is 4. The van der Waals surface area contributed by atoms with E-state index >= 15 is 0 Å². The van der Waals surface area contributed by atoms with Gasteiger partial charge in [-0.05, 0) is 6.55 Å². The summed E-state index contributed by atoms with van der Waals surface area (Å²) < 4.78 is 22.3. The first-order chi connectivity index (χ1) is 6.99. The van der Waals surface area contributed by atoms with Gasteiger partial charge >= 0.3 is 8.56 Å². The Labute approximate surface area is 92.1 Å². The molecular weight excluding hydrogens is 212 g/mol. The summed E-state index contributed by atoms with van der Waals surface area (Å²) in [5.41, 5.74) is 0.145. The van der Waals surface area contributed by atoms with Gasteiger partial charge in [0.2, 0.25) is 0 Å². The van der Waals surface area contributed by atoms with Gasteiger partial charge in [0.1, 0.15) is 6.10 Å². The van der Waals surface area contributed by atoms with E-state index in [4.69, 9.17) is 18.3 Å². The normalized spacial score (nSPS) is 32.6. The minimum absolute atomic E-state index is 0.145. The number of hydrogen-bond donors (Lipinski definition) is 0. The van der Waals surface area contributed by atoms with Gasteiger partial charge in [-0.15, -0.1) is 0 Å². The SMILES string of the molecule is CC1(C)CO[Si](C)(COCC2CO2)OC1. The Hall–Kier alpha value is 0.0569. The van der Waals surface area contributed by atoms with Gasteiger partial charge in [-0.3, -0.25) is 0 Å². The summed E-state index contributed by atoms with van der Waals surface area (Å²) in [6.45, 7) is 9.44. The van der Waals surface area contributed by atoms with E-state index in [9.17, 15) is 0 Å². The number of hydrogen-bond acceptors (Lipinski definition) is 4. The Kier molecular flexibility index (Phi) is 3.19. The van der Waals surface area contributed by atoms with Crippen molar-refractivity contribution in [1.82, 2.24) is 0 Å². The van der Waals surface area contributed by atoms with Crippen LogP contribution in [0.2, 0.25) is 6.55 Å². The second-order valence-electron chi connectivity index (χ2n) is 5.35. The predicted octanol–water partition coefficient (Wildman–Crippen LogP) is 1.09. The Bertz CT molecular complexity index is 217. The van der Waals surface area contributed by atoms with Gasteiger partial charge in [-0.25, -0.2) is 0 Å². The Morgan fingerprint density at radius 3 is 2.47 bits per heavy atom. The third kappa shape index (κ3) is 3.53. The first-order valence-corrected chi connectivity index (χ1v) is 7.99. The molecule has 2 saturated heterocycles. The molecule has 2 heterocycles. The lowest BCUT2D eigenvalue weighted by Gasteiger charge is -2.39. The van der Waals surface area contributed by atoms with Crippen LogP contribution in [0.25, 0.3) is 0 Å². The van der Waals surface area contributed by atoms with Crippen molar-refractivity contribution >= 4 is 8.56 Å². The van der Waals surface area contributed by atoms with E-state index in [-0.39, 0.29) is 5.41 Å². The van der Waals surface area contributed by atoms with E-state index in [2.05, 4.69) is 20.4 Å². The van der Waals surface area contributed by atoms with Gasteiger partial charge in [0.05, 0.1) is 19.4 Å². The van der Waals surface area contributed by atoms with Crippen molar-refractivity contribution in [1.29, 1.82) is 0 Å². The van der Waals surface area contributed by atoms with Crippen LogP contribution in [-0.2, 0) is 18.3 Å². The molecule has 0 aromatic rings. The van der Waals surface area contributed by atoms with Gasteiger partial charge in [0.25, 0.3) is 0 Å². The quantitative estimate of drug-likeness (QED) is 0.537. The molecule has 2 fully saturated rings. The van der Waals surface area contributed by atoms with Crippen LogP contribution < -0.4 is 0 Å². The van der Waals surface area contributed by atoms with Gasteiger partial charge in [0.15, 0.2) is 0 Å². The Balaban J connectivity index is 1.70. The van der Waals surface area contributed by atoms with Crippen molar-refractivity contribution in [2.24, 2.45) is 5.41 Å². The fourth-order valence-electron chi connectivity index (χ4n) is 1.40. The first kappa shape index (κ1) is 11.5. The summed E-state index contributed by atoms with van der Waals surface area (Å²) >= 11 is 0. The highest BCUT2D eigenvalue weighted by Crippen LogP contribution is 2.26. The highest BCUT2D eigenvalue weighted by Gasteiger charge is 2.41. The number of ether oxygens (including phenoxy) is 2. The molecule has 0 bridgehead atoms. The second kappa shape index (κ2) is 4.14. The summed E-state index contributed by atoms with van der Waals surface area (Å²) in [6, 6.07) is 0. The maximum Gasteiger partial charge on any atom is 0.361 e. The van der Waals surface area contributed by atoms with E-state index in [1.165, 1.54) is 0 Å². The van der Waals surface area contributed by atoms with Gasteiger partial charge in [-0.2, -0.15) is 0 Å². The third-order valence-electron chi connectivity index (χ3n) is 2.61. The van der Waals surface area contributed by atoms with Crippen LogP contribution in [0.5, 0.6) is 0 Å². The average molecular weight is 232 g/mol. The summed E-state index contributed by atoms with van der Waals surface area (Å²) in [5, 5.41) is 0. The van der Waals surface area contributed by atoms with Crippen LogP contribution >= 0.6 is 0 Å². The molecule has 2 rings (SSSR count). The Morgan fingerprint density at radius 2 is 1.93 bits per heavy atom. The van der Waals surface area contributed by atoms with Crippen molar-refractivity contribution < 1.29 is 18.3 Å². The second-order valence-corrected chi connectivity index (χ2v) is 8.48. The molecule has 0 radical (unpaired) electrons. The van der Waals surface area contributed by atoms with Gasteiger partial charge < -0.3 is 18.3 Å². The molecule has 0 aliphatic carbocycles. The molecule has 1 unspecified atom stereocenters. The van der Waals surface area contributed by atoms with Crippen LogP contribution in [0.1, 0.15) is 13.8 Å². The first-order valence-electron chi connectivity index (χ1n) is 5.46. The van der Waals surface area contributed by atoms with Crippen LogP contribution in [0.3, 0.4) is 0 Å². The zero-order valence-corrected chi connectivity index (χ0v) is 10.7. The smallest absolute Gasteiger partial charge is 0.361 e. The van der Waals surface area contributed by atoms with E-state index in [1.807, 2.05) is 0 Å². The molecule has 0 aromatic carbocycles. The summed E-state index contributed by atoms with van der Waals surface area (Å²) in [7, 11) is -2.04. The summed E-state index contributed by atoms with van der Waals surface area (Å²) in [4.78, 5) is 0. The minimum atomic E-state index is -2.04.